The van der Waals surface area contributed by atoms with Gasteiger partial charge in [-0.1, -0.05) is 12.8 Å². The number of hydrogen-bond donors (Lipinski definition) is 3. The van der Waals surface area contributed by atoms with E-state index in [-0.39, 0.29) is 29.7 Å². The number of halogens is 1. The van der Waals surface area contributed by atoms with Crippen molar-refractivity contribution in [3.8, 4) is 0 Å². The van der Waals surface area contributed by atoms with Gasteiger partial charge >= 0.3 is 0 Å². The number of fused-ring (bicyclic) bond motifs is 1. The summed E-state index contributed by atoms with van der Waals surface area (Å²) in [5.41, 5.74) is 5.57. The molecule has 0 aromatic heterocycles. The van der Waals surface area contributed by atoms with Crippen molar-refractivity contribution in [1.82, 2.24) is 10.2 Å². The van der Waals surface area contributed by atoms with E-state index in [1.165, 1.54) is 6.07 Å². The average molecular weight is 390 g/mol. The SMILES string of the molecule is NCCCCCCNc1cc2c(cc1F)C(=O)N(C1CCC(=O)NC1=O)C2=O. The van der Waals surface area contributed by atoms with Gasteiger partial charge in [-0.3, -0.25) is 29.4 Å². The monoisotopic (exact) mass is 390 g/mol. The molecule has 0 aliphatic carbocycles. The third-order valence-electron chi connectivity index (χ3n) is 4.97. The van der Waals surface area contributed by atoms with Crippen molar-refractivity contribution in [1.29, 1.82) is 0 Å². The number of carbonyl (C=O) groups excluding carboxylic acids is 4. The fraction of sp³-hybridized carbons (Fsp3) is 0.474. The van der Waals surface area contributed by atoms with Crippen LogP contribution in [0.15, 0.2) is 12.1 Å². The number of imide groups is 2. The van der Waals surface area contributed by atoms with Crippen molar-refractivity contribution >= 4 is 29.3 Å². The zero-order valence-electron chi connectivity index (χ0n) is 15.4. The Bertz CT molecular complexity index is 826. The lowest BCUT2D eigenvalue weighted by molar-refractivity contribution is -0.136. The Balaban J connectivity index is 1.72. The molecular formula is C19H23FN4O4. The lowest BCUT2D eigenvalue weighted by Gasteiger charge is -2.27. The fourth-order valence-corrected chi connectivity index (χ4v) is 3.47. The second-order valence-electron chi connectivity index (χ2n) is 6.95. The van der Waals surface area contributed by atoms with Crippen LogP contribution in [0.1, 0.15) is 59.2 Å². The molecule has 150 valence electrons. The molecule has 3 rings (SSSR count). The van der Waals surface area contributed by atoms with Crippen LogP contribution in [0.3, 0.4) is 0 Å². The predicted octanol–water partition coefficient (Wildman–Crippen LogP) is 1.16. The molecule has 9 heteroatoms. The largest absolute Gasteiger partial charge is 0.383 e. The lowest BCUT2D eigenvalue weighted by Crippen LogP contribution is -2.54. The second kappa shape index (κ2) is 8.47. The molecule has 28 heavy (non-hydrogen) atoms. The van der Waals surface area contributed by atoms with Crippen LogP contribution in [0.25, 0.3) is 0 Å². The number of nitrogens with zero attached hydrogens (tertiary/aromatic N) is 1. The van der Waals surface area contributed by atoms with Gasteiger partial charge in [0.2, 0.25) is 11.8 Å². The maximum absolute atomic E-state index is 14.4. The van der Waals surface area contributed by atoms with Crippen molar-refractivity contribution in [2.24, 2.45) is 5.73 Å². The Morgan fingerprint density at radius 1 is 1.07 bits per heavy atom. The summed E-state index contributed by atoms with van der Waals surface area (Å²) in [5, 5.41) is 5.08. The molecule has 1 unspecified atom stereocenters. The van der Waals surface area contributed by atoms with Crippen molar-refractivity contribution in [3.05, 3.63) is 29.1 Å². The van der Waals surface area contributed by atoms with Gasteiger partial charge < -0.3 is 11.1 Å². The molecule has 1 aromatic rings. The zero-order valence-corrected chi connectivity index (χ0v) is 15.4. The maximum atomic E-state index is 14.4. The number of benzene rings is 1. The number of nitrogens with one attached hydrogen (secondary N) is 2. The number of unbranched alkanes of at least 4 members (excludes halogenated alkanes) is 3. The summed E-state index contributed by atoms with van der Waals surface area (Å²) in [6, 6.07) is 1.28. The first-order valence-corrected chi connectivity index (χ1v) is 9.43. The van der Waals surface area contributed by atoms with Gasteiger partial charge in [0, 0.05) is 13.0 Å². The van der Waals surface area contributed by atoms with E-state index >= 15 is 0 Å². The highest BCUT2D eigenvalue weighted by Crippen LogP contribution is 2.31. The highest BCUT2D eigenvalue weighted by atomic mass is 19.1. The van der Waals surface area contributed by atoms with Crippen LogP contribution >= 0.6 is 0 Å². The van der Waals surface area contributed by atoms with Crippen molar-refractivity contribution in [3.63, 3.8) is 0 Å². The molecular weight excluding hydrogens is 367 g/mol. The van der Waals surface area contributed by atoms with E-state index < -0.39 is 35.5 Å². The van der Waals surface area contributed by atoms with Gasteiger partial charge in [0.25, 0.3) is 11.8 Å². The Labute approximate surface area is 161 Å². The molecule has 2 aliphatic heterocycles. The number of anilines is 1. The predicted molar refractivity (Wildman–Crippen MR) is 99.1 cm³/mol. The van der Waals surface area contributed by atoms with Gasteiger partial charge in [-0.2, -0.15) is 0 Å². The minimum absolute atomic E-state index is 0.0368. The number of rotatable bonds is 8. The van der Waals surface area contributed by atoms with Crippen LogP contribution in [0.2, 0.25) is 0 Å². The Morgan fingerprint density at radius 3 is 2.43 bits per heavy atom. The van der Waals surface area contributed by atoms with E-state index in [1.54, 1.807) is 0 Å². The van der Waals surface area contributed by atoms with Crippen LogP contribution in [-0.4, -0.2) is 47.7 Å². The molecule has 2 aliphatic rings. The number of amides is 4. The molecule has 1 aromatic carbocycles. The van der Waals surface area contributed by atoms with E-state index in [9.17, 15) is 23.6 Å². The molecule has 0 saturated carbocycles. The zero-order chi connectivity index (χ0) is 20.3. The van der Waals surface area contributed by atoms with E-state index in [0.717, 1.165) is 36.6 Å². The van der Waals surface area contributed by atoms with Gasteiger partial charge in [-0.25, -0.2) is 4.39 Å². The highest BCUT2D eigenvalue weighted by molar-refractivity contribution is 6.23. The molecule has 1 atom stereocenters. The van der Waals surface area contributed by atoms with Gasteiger partial charge in [-0.15, -0.1) is 0 Å². The van der Waals surface area contributed by atoms with Gasteiger partial charge in [0.1, 0.15) is 11.9 Å². The first-order chi connectivity index (χ1) is 13.4. The fourth-order valence-electron chi connectivity index (χ4n) is 3.47. The van der Waals surface area contributed by atoms with Crippen molar-refractivity contribution in [2.45, 2.75) is 44.6 Å². The van der Waals surface area contributed by atoms with Gasteiger partial charge in [0.05, 0.1) is 16.8 Å². The first kappa shape index (κ1) is 19.9. The Morgan fingerprint density at radius 2 is 1.75 bits per heavy atom. The van der Waals surface area contributed by atoms with Crippen LogP contribution < -0.4 is 16.4 Å². The van der Waals surface area contributed by atoms with Crippen molar-refractivity contribution < 1.29 is 23.6 Å². The molecule has 0 bridgehead atoms. The number of hydrogen-bond acceptors (Lipinski definition) is 6. The minimum Gasteiger partial charge on any atom is -0.383 e. The summed E-state index contributed by atoms with van der Waals surface area (Å²) in [7, 11) is 0. The summed E-state index contributed by atoms with van der Waals surface area (Å²) >= 11 is 0. The third-order valence-corrected chi connectivity index (χ3v) is 4.97. The third kappa shape index (κ3) is 3.89. The molecule has 4 N–H and O–H groups in total. The van der Waals surface area contributed by atoms with E-state index in [0.29, 0.717) is 13.1 Å². The van der Waals surface area contributed by atoms with E-state index in [2.05, 4.69) is 10.6 Å². The van der Waals surface area contributed by atoms with Crippen LogP contribution in [-0.2, 0) is 9.59 Å². The molecule has 0 spiro atoms. The summed E-state index contributed by atoms with van der Waals surface area (Å²) in [4.78, 5) is 49.5. The highest BCUT2D eigenvalue weighted by Gasteiger charge is 2.45. The van der Waals surface area contributed by atoms with E-state index in [4.69, 9.17) is 5.73 Å². The van der Waals surface area contributed by atoms with Crippen molar-refractivity contribution in [2.75, 3.05) is 18.4 Å². The molecule has 1 saturated heterocycles. The lowest BCUT2D eigenvalue weighted by atomic mass is 10.0. The van der Waals surface area contributed by atoms with Crippen LogP contribution in [0, 0.1) is 5.82 Å². The summed E-state index contributed by atoms with van der Waals surface area (Å²) in [6.07, 6.45) is 3.82. The van der Waals surface area contributed by atoms with Crippen LogP contribution in [0.5, 0.6) is 0 Å². The van der Waals surface area contributed by atoms with E-state index in [1.807, 2.05) is 0 Å². The first-order valence-electron chi connectivity index (χ1n) is 9.43. The topological polar surface area (TPSA) is 122 Å². The smallest absolute Gasteiger partial charge is 0.262 e. The summed E-state index contributed by atoms with van der Waals surface area (Å²) < 4.78 is 14.4. The standard InChI is InChI=1S/C19H23FN4O4/c20-13-9-11-12(10-14(13)22-8-4-2-1-3-7-21)19(28)24(18(11)27)15-5-6-16(25)23-17(15)26/h9-10,15,22H,1-8,21H2,(H,23,25,26). The summed E-state index contributed by atoms with van der Waals surface area (Å²) in [5.74, 6) is -3.14. The molecule has 0 radical (unpaired) electrons. The second-order valence-corrected chi connectivity index (χ2v) is 6.95. The normalized spacial score (nSPS) is 19.1. The van der Waals surface area contributed by atoms with Gasteiger partial charge in [-0.05, 0) is 37.9 Å². The Hall–Kier alpha value is -2.81. The molecule has 8 nitrogen and oxygen atoms in total. The number of nitrogens with two attached hydrogens (primary N) is 1. The molecule has 1 fully saturated rings. The number of piperidine rings is 1. The average Bonchev–Trinajstić information content (AvgIpc) is 2.89. The maximum Gasteiger partial charge on any atom is 0.262 e. The molecule has 4 amide bonds. The van der Waals surface area contributed by atoms with Crippen LogP contribution in [0.4, 0.5) is 10.1 Å². The summed E-state index contributed by atoms with van der Waals surface area (Å²) in [6.45, 7) is 1.17. The Kier molecular flexibility index (Phi) is 6.03. The number of carbonyl (C=O) groups is 4. The van der Waals surface area contributed by atoms with Gasteiger partial charge in [0.15, 0.2) is 0 Å². The minimum atomic E-state index is -1.06. The quantitative estimate of drug-likeness (QED) is 0.452. The molecule has 2 heterocycles.